The van der Waals surface area contributed by atoms with Crippen LogP contribution in [0.2, 0.25) is 0 Å². The SMILES string of the molecule is Cc1ccc(Br)cc1NC(=O)c1ccncc1.Cl. The third kappa shape index (κ3) is 3.55. The minimum absolute atomic E-state index is 0. The Morgan fingerprint density at radius 2 is 1.89 bits per heavy atom. The lowest BCUT2D eigenvalue weighted by molar-refractivity contribution is 0.102. The minimum Gasteiger partial charge on any atom is -0.322 e. The Kier molecular flexibility index (Phi) is 5.31. The fraction of sp³-hybridized carbons (Fsp3) is 0.0769. The molecule has 0 fully saturated rings. The molecule has 3 nitrogen and oxygen atoms in total. The van der Waals surface area contributed by atoms with Crippen LogP contribution >= 0.6 is 28.3 Å². The molecule has 0 spiro atoms. The molecule has 0 aliphatic carbocycles. The first-order valence-electron chi connectivity index (χ1n) is 5.14. The molecule has 1 heterocycles. The monoisotopic (exact) mass is 326 g/mol. The quantitative estimate of drug-likeness (QED) is 0.911. The third-order valence-electron chi connectivity index (χ3n) is 2.39. The molecule has 0 unspecified atom stereocenters. The van der Waals surface area contributed by atoms with Crippen LogP contribution in [0.25, 0.3) is 0 Å². The van der Waals surface area contributed by atoms with Gasteiger partial charge in [-0.2, -0.15) is 0 Å². The van der Waals surface area contributed by atoms with Crippen LogP contribution in [0.15, 0.2) is 47.2 Å². The molecule has 1 aromatic heterocycles. The summed E-state index contributed by atoms with van der Waals surface area (Å²) in [5, 5.41) is 2.87. The average molecular weight is 328 g/mol. The molecule has 5 heteroatoms. The maximum absolute atomic E-state index is 11.9. The van der Waals surface area contributed by atoms with Crippen LogP contribution in [-0.2, 0) is 0 Å². The zero-order chi connectivity index (χ0) is 12.3. The van der Waals surface area contributed by atoms with Crippen LogP contribution < -0.4 is 5.32 Å². The zero-order valence-electron chi connectivity index (χ0n) is 9.68. The summed E-state index contributed by atoms with van der Waals surface area (Å²) in [7, 11) is 0. The number of hydrogen-bond donors (Lipinski definition) is 1. The lowest BCUT2D eigenvalue weighted by Crippen LogP contribution is -2.12. The minimum atomic E-state index is -0.131. The summed E-state index contributed by atoms with van der Waals surface area (Å²) in [6.45, 7) is 1.95. The van der Waals surface area contributed by atoms with Gasteiger partial charge in [0.15, 0.2) is 0 Å². The van der Waals surface area contributed by atoms with Gasteiger partial charge < -0.3 is 5.32 Å². The van der Waals surface area contributed by atoms with Crippen LogP contribution in [0.1, 0.15) is 15.9 Å². The van der Waals surface area contributed by atoms with Crippen LogP contribution in [-0.4, -0.2) is 10.9 Å². The normalized spacial score (nSPS) is 9.44. The second-order valence-corrected chi connectivity index (χ2v) is 4.56. The largest absolute Gasteiger partial charge is 0.322 e. The average Bonchev–Trinajstić information content (AvgIpc) is 2.35. The van der Waals surface area contributed by atoms with Gasteiger partial charge in [0, 0.05) is 28.1 Å². The van der Waals surface area contributed by atoms with E-state index in [4.69, 9.17) is 0 Å². The molecule has 0 radical (unpaired) electrons. The summed E-state index contributed by atoms with van der Waals surface area (Å²) in [6.07, 6.45) is 3.20. The highest BCUT2D eigenvalue weighted by Gasteiger charge is 2.07. The number of rotatable bonds is 2. The van der Waals surface area contributed by atoms with E-state index in [-0.39, 0.29) is 18.3 Å². The molecule has 0 aliphatic heterocycles. The molecular weight excluding hydrogens is 316 g/mol. The first-order chi connectivity index (χ1) is 8.16. The molecule has 2 aromatic rings. The zero-order valence-corrected chi connectivity index (χ0v) is 12.1. The van der Waals surface area contributed by atoms with E-state index < -0.39 is 0 Å². The van der Waals surface area contributed by atoms with Gasteiger partial charge in [-0.3, -0.25) is 9.78 Å². The van der Waals surface area contributed by atoms with Crippen molar-refractivity contribution in [2.24, 2.45) is 0 Å². The summed E-state index contributed by atoms with van der Waals surface area (Å²) in [4.78, 5) is 15.8. The van der Waals surface area contributed by atoms with Gasteiger partial charge >= 0.3 is 0 Å². The van der Waals surface area contributed by atoms with Gasteiger partial charge in [0.25, 0.3) is 5.91 Å². The molecule has 94 valence electrons. The van der Waals surface area contributed by atoms with Crippen molar-refractivity contribution in [3.05, 3.63) is 58.3 Å². The first kappa shape index (κ1) is 14.7. The summed E-state index contributed by atoms with van der Waals surface area (Å²) >= 11 is 3.38. The molecule has 18 heavy (non-hydrogen) atoms. The van der Waals surface area contributed by atoms with Crippen molar-refractivity contribution in [3.8, 4) is 0 Å². The summed E-state index contributed by atoms with van der Waals surface area (Å²) < 4.78 is 0.938. The van der Waals surface area contributed by atoms with Crippen molar-refractivity contribution in [1.29, 1.82) is 0 Å². The Labute approximate surface area is 120 Å². The van der Waals surface area contributed by atoms with Gasteiger partial charge in [0.05, 0.1) is 0 Å². The number of aryl methyl sites for hydroxylation is 1. The molecule has 0 saturated carbocycles. The lowest BCUT2D eigenvalue weighted by atomic mass is 10.2. The first-order valence-corrected chi connectivity index (χ1v) is 5.93. The predicted octanol–water partition coefficient (Wildman–Crippen LogP) is 3.83. The van der Waals surface area contributed by atoms with Gasteiger partial charge in [-0.05, 0) is 36.8 Å². The number of benzene rings is 1. The molecule has 0 atom stereocenters. The van der Waals surface area contributed by atoms with E-state index in [1.807, 2.05) is 25.1 Å². The Hall–Kier alpha value is -1.39. The number of aromatic nitrogens is 1. The molecule has 0 saturated heterocycles. The second kappa shape index (κ2) is 6.52. The molecular formula is C13H12BrClN2O. The number of anilines is 1. The lowest BCUT2D eigenvalue weighted by Gasteiger charge is -2.08. The van der Waals surface area contributed by atoms with E-state index >= 15 is 0 Å². The van der Waals surface area contributed by atoms with Gasteiger partial charge in [-0.1, -0.05) is 22.0 Å². The number of hydrogen-bond acceptors (Lipinski definition) is 2. The number of halogens is 2. The molecule has 0 bridgehead atoms. The second-order valence-electron chi connectivity index (χ2n) is 3.65. The summed E-state index contributed by atoms with van der Waals surface area (Å²) in [5.74, 6) is -0.131. The van der Waals surface area contributed by atoms with E-state index in [1.54, 1.807) is 24.5 Å². The highest BCUT2D eigenvalue weighted by molar-refractivity contribution is 9.10. The Balaban J connectivity index is 0.00000162. The topological polar surface area (TPSA) is 42.0 Å². The van der Waals surface area contributed by atoms with Gasteiger partial charge in [-0.25, -0.2) is 0 Å². The standard InChI is InChI=1S/C13H11BrN2O.ClH/c1-9-2-3-11(14)8-12(9)16-13(17)10-4-6-15-7-5-10;/h2-8H,1H3,(H,16,17);1H. The number of pyridine rings is 1. The number of nitrogens with one attached hydrogen (secondary N) is 1. The van der Waals surface area contributed by atoms with Crippen LogP contribution in [0.5, 0.6) is 0 Å². The molecule has 1 aromatic carbocycles. The molecule has 1 N–H and O–H groups in total. The molecule has 1 amide bonds. The maximum atomic E-state index is 11.9. The number of carbonyl (C=O) groups is 1. The van der Waals surface area contributed by atoms with Gasteiger partial charge in [-0.15, -0.1) is 12.4 Å². The molecule has 0 aliphatic rings. The highest BCUT2D eigenvalue weighted by atomic mass is 79.9. The van der Waals surface area contributed by atoms with Crippen molar-refractivity contribution in [1.82, 2.24) is 4.98 Å². The van der Waals surface area contributed by atoms with Crippen LogP contribution in [0.4, 0.5) is 5.69 Å². The smallest absolute Gasteiger partial charge is 0.255 e. The van der Waals surface area contributed by atoms with Crippen molar-refractivity contribution < 1.29 is 4.79 Å². The van der Waals surface area contributed by atoms with Crippen molar-refractivity contribution in [3.63, 3.8) is 0 Å². The molecule has 2 rings (SSSR count). The third-order valence-corrected chi connectivity index (χ3v) is 2.88. The van der Waals surface area contributed by atoms with E-state index in [2.05, 4.69) is 26.2 Å². The fourth-order valence-electron chi connectivity index (χ4n) is 1.43. The van der Waals surface area contributed by atoms with Crippen molar-refractivity contribution >= 4 is 39.9 Å². The van der Waals surface area contributed by atoms with E-state index in [0.717, 1.165) is 15.7 Å². The van der Waals surface area contributed by atoms with Crippen LogP contribution in [0, 0.1) is 6.92 Å². The Morgan fingerprint density at radius 1 is 1.22 bits per heavy atom. The number of carbonyl (C=O) groups excluding carboxylic acids is 1. The number of amides is 1. The fourth-order valence-corrected chi connectivity index (χ4v) is 1.79. The van der Waals surface area contributed by atoms with Crippen molar-refractivity contribution in [2.75, 3.05) is 5.32 Å². The number of nitrogens with zero attached hydrogens (tertiary/aromatic N) is 1. The van der Waals surface area contributed by atoms with E-state index in [1.165, 1.54) is 0 Å². The van der Waals surface area contributed by atoms with E-state index in [9.17, 15) is 4.79 Å². The van der Waals surface area contributed by atoms with Gasteiger partial charge in [0.2, 0.25) is 0 Å². The Bertz CT molecular complexity index is 546. The van der Waals surface area contributed by atoms with Crippen LogP contribution in [0.3, 0.4) is 0 Å². The van der Waals surface area contributed by atoms with Gasteiger partial charge in [0.1, 0.15) is 0 Å². The van der Waals surface area contributed by atoms with E-state index in [0.29, 0.717) is 5.56 Å². The van der Waals surface area contributed by atoms with Crippen molar-refractivity contribution in [2.45, 2.75) is 6.92 Å². The Morgan fingerprint density at radius 3 is 2.56 bits per heavy atom. The summed E-state index contributed by atoms with van der Waals surface area (Å²) in [5.41, 5.74) is 2.43. The maximum Gasteiger partial charge on any atom is 0.255 e. The predicted molar refractivity (Wildman–Crippen MR) is 78.3 cm³/mol. The summed E-state index contributed by atoms with van der Waals surface area (Å²) in [6, 6.07) is 9.14. The highest BCUT2D eigenvalue weighted by Crippen LogP contribution is 2.21.